The van der Waals surface area contributed by atoms with Gasteiger partial charge in [-0.2, -0.15) is 0 Å². The van der Waals surface area contributed by atoms with E-state index in [0.29, 0.717) is 24.0 Å². The van der Waals surface area contributed by atoms with Gasteiger partial charge in [0.1, 0.15) is 6.33 Å². The Kier molecular flexibility index (Phi) is 3.72. The van der Waals surface area contributed by atoms with E-state index >= 15 is 0 Å². The maximum atomic E-state index is 12.9. The van der Waals surface area contributed by atoms with Crippen molar-refractivity contribution in [3.63, 3.8) is 0 Å². The molecular weight excluding hydrogens is 276 g/mol. The molecule has 3 aliphatic heterocycles. The summed E-state index contributed by atoms with van der Waals surface area (Å²) in [6, 6.07) is 1.13. The van der Waals surface area contributed by atoms with Crippen molar-refractivity contribution in [3.05, 3.63) is 24.3 Å². The van der Waals surface area contributed by atoms with Crippen LogP contribution in [0.3, 0.4) is 0 Å². The number of nitrogens with zero attached hydrogens (tertiary/aromatic N) is 4. The van der Waals surface area contributed by atoms with Gasteiger partial charge in [0, 0.05) is 37.6 Å². The molecule has 0 aliphatic carbocycles. The molecule has 0 radical (unpaired) electrons. The van der Waals surface area contributed by atoms with Crippen LogP contribution in [0, 0.1) is 0 Å². The Morgan fingerprint density at radius 2 is 1.64 bits per heavy atom. The predicted octanol–water partition coefficient (Wildman–Crippen LogP) is 2.79. The van der Waals surface area contributed by atoms with Crippen molar-refractivity contribution in [2.45, 2.75) is 62.9 Å². The number of fused-ring (bicyclic) bond motifs is 2. The molecule has 1 aromatic rings. The van der Waals surface area contributed by atoms with Crippen molar-refractivity contribution in [1.82, 2.24) is 19.8 Å². The van der Waals surface area contributed by atoms with Crippen LogP contribution in [0.1, 0.15) is 56.4 Å². The first-order valence-corrected chi connectivity index (χ1v) is 8.65. The number of hydrogen-bond donors (Lipinski definition) is 0. The zero-order valence-corrected chi connectivity index (χ0v) is 13.0. The third-order valence-electron chi connectivity index (χ3n) is 5.63. The Hall–Kier alpha value is -1.65. The summed E-state index contributed by atoms with van der Waals surface area (Å²) >= 11 is 0. The van der Waals surface area contributed by atoms with Gasteiger partial charge in [-0.25, -0.2) is 14.8 Å². The summed E-state index contributed by atoms with van der Waals surface area (Å²) in [4.78, 5) is 25.5. The second-order valence-electron chi connectivity index (χ2n) is 6.96. The Morgan fingerprint density at radius 1 is 1.00 bits per heavy atom. The monoisotopic (exact) mass is 300 g/mol. The van der Waals surface area contributed by atoms with Gasteiger partial charge in [-0.3, -0.25) is 0 Å². The fourth-order valence-electron chi connectivity index (χ4n) is 4.53. The number of hydrogen-bond acceptors (Lipinski definition) is 3. The summed E-state index contributed by atoms with van der Waals surface area (Å²) in [6.07, 6.45) is 13.5. The molecule has 3 fully saturated rings. The van der Waals surface area contributed by atoms with Gasteiger partial charge in [-0.15, -0.1) is 0 Å². The highest BCUT2D eigenvalue weighted by atomic mass is 16.2. The fourth-order valence-corrected chi connectivity index (χ4v) is 4.53. The van der Waals surface area contributed by atoms with Crippen LogP contribution in [0.5, 0.6) is 0 Å². The van der Waals surface area contributed by atoms with Crippen LogP contribution in [0.15, 0.2) is 18.7 Å². The smallest absolute Gasteiger partial charge is 0.320 e. The zero-order valence-electron chi connectivity index (χ0n) is 13.0. The summed E-state index contributed by atoms with van der Waals surface area (Å²) in [6.45, 7) is 1.90. The van der Waals surface area contributed by atoms with Gasteiger partial charge in [0.15, 0.2) is 0 Å². The molecule has 0 spiro atoms. The van der Waals surface area contributed by atoms with Gasteiger partial charge in [0.25, 0.3) is 0 Å². The van der Waals surface area contributed by atoms with E-state index in [4.69, 9.17) is 0 Å². The summed E-state index contributed by atoms with van der Waals surface area (Å²) in [5, 5.41) is 0. The largest absolute Gasteiger partial charge is 0.325 e. The van der Waals surface area contributed by atoms with Gasteiger partial charge in [0.05, 0.1) is 0 Å². The van der Waals surface area contributed by atoms with Crippen molar-refractivity contribution in [2.75, 3.05) is 13.1 Å². The van der Waals surface area contributed by atoms with Crippen LogP contribution in [0.25, 0.3) is 0 Å². The molecule has 1 aromatic heterocycles. The standard InChI is InChI=1S/C17H24N4O/c22-17(20-6-2-1-3-7-20)21-15-4-5-16(21)9-13(8-15)14-10-18-12-19-11-14/h10-13,15-16H,1-9H2/t15-,16-/m1/s1. The molecule has 0 aromatic carbocycles. The second kappa shape index (κ2) is 5.86. The fraction of sp³-hybridized carbons (Fsp3) is 0.706. The number of rotatable bonds is 1. The number of likely N-dealkylation sites (tertiary alicyclic amines) is 1. The Morgan fingerprint density at radius 3 is 2.27 bits per heavy atom. The Balaban J connectivity index is 1.48. The van der Waals surface area contributed by atoms with E-state index in [-0.39, 0.29) is 0 Å². The second-order valence-corrected chi connectivity index (χ2v) is 6.96. The van der Waals surface area contributed by atoms with E-state index in [9.17, 15) is 4.79 Å². The molecule has 5 heteroatoms. The Bertz CT molecular complexity index is 515. The van der Waals surface area contributed by atoms with Gasteiger partial charge >= 0.3 is 6.03 Å². The molecule has 22 heavy (non-hydrogen) atoms. The number of urea groups is 1. The first-order chi connectivity index (χ1) is 10.8. The van der Waals surface area contributed by atoms with Gasteiger partial charge in [0.2, 0.25) is 0 Å². The maximum Gasteiger partial charge on any atom is 0.320 e. The van der Waals surface area contributed by atoms with Crippen LogP contribution in [-0.4, -0.2) is 51.0 Å². The van der Waals surface area contributed by atoms with Crippen LogP contribution in [0.2, 0.25) is 0 Å². The molecule has 5 nitrogen and oxygen atoms in total. The minimum Gasteiger partial charge on any atom is -0.325 e. The van der Waals surface area contributed by atoms with Crippen molar-refractivity contribution in [1.29, 1.82) is 0 Å². The minimum atomic E-state index is 0.301. The molecule has 0 unspecified atom stereocenters. The predicted molar refractivity (Wildman–Crippen MR) is 83.5 cm³/mol. The lowest BCUT2D eigenvalue weighted by Crippen LogP contribution is -2.53. The summed E-state index contributed by atoms with van der Waals surface area (Å²) in [5.74, 6) is 0.518. The summed E-state index contributed by atoms with van der Waals surface area (Å²) < 4.78 is 0. The molecule has 3 aliphatic rings. The average molecular weight is 300 g/mol. The molecule has 4 rings (SSSR count). The molecule has 3 saturated heterocycles. The molecule has 4 heterocycles. The van der Waals surface area contributed by atoms with Gasteiger partial charge in [-0.1, -0.05) is 0 Å². The highest BCUT2D eigenvalue weighted by Gasteiger charge is 2.44. The van der Waals surface area contributed by atoms with E-state index in [1.807, 2.05) is 12.4 Å². The van der Waals surface area contributed by atoms with E-state index in [2.05, 4.69) is 19.8 Å². The molecule has 0 saturated carbocycles. The average Bonchev–Trinajstić information content (AvgIpc) is 2.85. The van der Waals surface area contributed by atoms with Crippen LogP contribution >= 0.6 is 0 Å². The molecule has 2 atom stereocenters. The zero-order chi connectivity index (χ0) is 14.9. The van der Waals surface area contributed by atoms with E-state index in [0.717, 1.165) is 38.8 Å². The normalized spacial score (nSPS) is 31.4. The first kappa shape index (κ1) is 14.0. The Labute approximate surface area is 131 Å². The van der Waals surface area contributed by atoms with Crippen LogP contribution in [-0.2, 0) is 0 Å². The number of carbonyl (C=O) groups is 1. The highest BCUT2D eigenvalue weighted by Crippen LogP contribution is 2.43. The SMILES string of the molecule is O=C(N1CCCCC1)N1[C@@H]2CC[C@@H]1CC(c1cncnc1)C2. The summed E-state index contributed by atoms with van der Waals surface area (Å²) in [5.41, 5.74) is 1.24. The van der Waals surface area contributed by atoms with Crippen LogP contribution in [0.4, 0.5) is 4.79 Å². The van der Waals surface area contributed by atoms with Crippen molar-refractivity contribution in [2.24, 2.45) is 0 Å². The first-order valence-electron chi connectivity index (χ1n) is 8.65. The van der Waals surface area contributed by atoms with Crippen LogP contribution < -0.4 is 0 Å². The quantitative estimate of drug-likeness (QED) is 0.801. The number of carbonyl (C=O) groups excluding carboxylic acids is 1. The number of aromatic nitrogens is 2. The number of piperidine rings is 2. The molecule has 118 valence electrons. The third kappa shape index (κ3) is 2.46. The van der Waals surface area contributed by atoms with Crippen molar-refractivity contribution >= 4 is 6.03 Å². The molecule has 0 N–H and O–H groups in total. The lowest BCUT2D eigenvalue weighted by atomic mass is 9.86. The lowest BCUT2D eigenvalue weighted by Gasteiger charge is -2.42. The lowest BCUT2D eigenvalue weighted by molar-refractivity contribution is 0.0990. The topological polar surface area (TPSA) is 49.3 Å². The van der Waals surface area contributed by atoms with E-state index in [1.54, 1.807) is 6.33 Å². The van der Waals surface area contributed by atoms with Gasteiger partial charge in [-0.05, 0) is 56.4 Å². The minimum absolute atomic E-state index is 0.301. The highest BCUT2D eigenvalue weighted by molar-refractivity contribution is 5.76. The van der Waals surface area contributed by atoms with Crippen molar-refractivity contribution in [3.8, 4) is 0 Å². The van der Waals surface area contributed by atoms with E-state index < -0.39 is 0 Å². The molecule has 2 bridgehead atoms. The van der Waals surface area contributed by atoms with E-state index in [1.165, 1.54) is 24.8 Å². The van der Waals surface area contributed by atoms with Gasteiger partial charge < -0.3 is 9.80 Å². The maximum absolute atomic E-state index is 12.9. The third-order valence-corrected chi connectivity index (χ3v) is 5.63. The molecule has 2 amide bonds. The summed E-state index contributed by atoms with van der Waals surface area (Å²) in [7, 11) is 0. The van der Waals surface area contributed by atoms with Crippen molar-refractivity contribution < 1.29 is 4.79 Å². The number of amides is 2. The molecular formula is C17H24N4O.